The number of hydrogen-bond donors (Lipinski definition) is 3. The third-order valence-electron chi connectivity index (χ3n) is 2.19. The lowest BCUT2D eigenvalue weighted by Crippen LogP contribution is -2.27. The Morgan fingerprint density at radius 1 is 1.35 bits per heavy atom. The Kier molecular flexibility index (Phi) is 4.05. The summed E-state index contributed by atoms with van der Waals surface area (Å²) in [5.41, 5.74) is 3.42. The fourth-order valence-electron chi connectivity index (χ4n) is 1.25. The molecule has 94 valence electrons. The summed E-state index contributed by atoms with van der Waals surface area (Å²) in [5.74, 6) is -2.48. The number of aliphatic hydroxyl groups is 2. The van der Waals surface area contributed by atoms with Crippen LogP contribution in [-0.4, -0.2) is 27.8 Å². The lowest BCUT2D eigenvalue weighted by molar-refractivity contribution is -0.387. The molecule has 2 unspecified atom stereocenters. The van der Waals surface area contributed by atoms with Crippen molar-refractivity contribution < 1.29 is 23.9 Å². The van der Waals surface area contributed by atoms with E-state index in [2.05, 4.69) is 0 Å². The Morgan fingerprint density at radius 3 is 2.41 bits per heavy atom. The van der Waals surface area contributed by atoms with E-state index in [1.54, 1.807) is 0 Å². The van der Waals surface area contributed by atoms with Gasteiger partial charge in [-0.3, -0.25) is 10.1 Å². The molecule has 17 heavy (non-hydrogen) atoms. The molecule has 0 aromatic heterocycles. The summed E-state index contributed by atoms with van der Waals surface area (Å²) >= 11 is 0. The van der Waals surface area contributed by atoms with E-state index in [0.717, 1.165) is 0 Å². The second-order valence-corrected chi connectivity index (χ2v) is 3.33. The van der Waals surface area contributed by atoms with E-state index in [-0.39, 0.29) is 6.54 Å². The molecule has 0 saturated heterocycles. The van der Waals surface area contributed by atoms with E-state index < -0.39 is 40.0 Å². The van der Waals surface area contributed by atoms with Gasteiger partial charge in [0.25, 0.3) is 0 Å². The van der Waals surface area contributed by atoms with E-state index in [9.17, 15) is 29.1 Å². The highest BCUT2D eigenvalue weighted by molar-refractivity contribution is 5.37. The Labute approximate surface area is 94.4 Å². The molecule has 0 amide bonds. The minimum absolute atomic E-state index is 0.344. The molecule has 6 nitrogen and oxygen atoms in total. The maximum atomic E-state index is 13.4. The van der Waals surface area contributed by atoms with Crippen LogP contribution in [0, 0.1) is 21.7 Å². The second kappa shape index (κ2) is 5.13. The third-order valence-corrected chi connectivity index (χ3v) is 2.19. The molecule has 0 heterocycles. The first kappa shape index (κ1) is 13.4. The number of nitro benzene ring substituents is 1. The number of hydrogen-bond acceptors (Lipinski definition) is 5. The normalized spacial score (nSPS) is 14.4. The van der Waals surface area contributed by atoms with Gasteiger partial charge in [0.15, 0.2) is 0 Å². The average molecular weight is 248 g/mol. The van der Waals surface area contributed by atoms with Crippen LogP contribution in [0.5, 0.6) is 0 Å². The molecule has 0 saturated carbocycles. The van der Waals surface area contributed by atoms with Gasteiger partial charge < -0.3 is 15.9 Å². The van der Waals surface area contributed by atoms with Gasteiger partial charge >= 0.3 is 5.69 Å². The van der Waals surface area contributed by atoms with Crippen molar-refractivity contribution in [1.29, 1.82) is 0 Å². The van der Waals surface area contributed by atoms with Crippen LogP contribution in [0.15, 0.2) is 12.1 Å². The summed E-state index contributed by atoms with van der Waals surface area (Å²) in [7, 11) is 0. The number of benzene rings is 1. The van der Waals surface area contributed by atoms with Gasteiger partial charge in [-0.25, -0.2) is 4.39 Å². The first-order valence-corrected chi connectivity index (χ1v) is 4.58. The van der Waals surface area contributed by atoms with Crippen LogP contribution in [0.1, 0.15) is 11.7 Å². The molecule has 0 spiro atoms. The maximum absolute atomic E-state index is 13.4. The zero-order valence-corrected chi connectivity index (χ0v) is 8.51. The van der Waals surface area contributed by atoms with Crippen LogP contribution in [0.2, 0.25) is 0 Å². The Hall–Kier alpha value is -1.64. The fraction of sp³-hybridized carbons (Fsp3) is 0.333. The van der Waals surface area contributed by atoms with Gasteiger partial charge in [-0.05, 0) is 6.07 Å². The summed E-state index contributed by atoms with van der Waals surface area (Å²) < 4.78 is 26.5. The molecule has 0 fully saturated rings. The zero-order valence-electron chi connectivity index (χ0n) is 8.51. The molecular formula is C9H10F2N2O4. The van der Waals surface area contributed by atoms with Crippen molar-refractivity contribution >= 4 is 5.69 Å². The predicted octanol–water partition coefficient (Wildman–Crippen LogP) is 0.226. The molecule has 4 N–H and O–H groups in total. The van der Waals surface area contributed by atoms with E-state index in [4.69, 9.17) is 5.73 Å². The number of halogens is 2. The molecule has 8 heteroatoms. The molecule has 0 aliphatic rings. The summed E-state index contributed by atoms with van der Waals surface area (Å²) in [4.78, 5) is 9.22. The van der Waals surface area contributed by atoms with Crippen molar-refractivity contribution in [3.05, 3.63) is 39.4 Å². The lowest BCUT2D eigenvalue weighted by Gasteiger charge is -2.16. The van der Waals surface area contributed by atoms with Crippen LogP contribution >= 0.6 is 0 Å². The van der Waals surface area contributed by atoms with Gasteiger partial charge in [0.2, 0.25) is 5.82 Å². The number of rotatable bonds is 4. The third kappa shape index (κ3) is 2.73. The zero-order chi connectivity index (χ0) is 13.2. The van der Waals surface area contributed by atoms with Gasteiger partial charge in [-0.15, -0.1) is 0 Å². The van der Waals surface area contributed by atoms with Crippen molar-refractivity contribution in [2.24, 2.45) is 5.73 Å². The summed E-state index contributed by atoms with van der Waals surface area (Å²) in [6.45, 7) is -0.362. The van der Waals surface area contributed by atoms with E-state index >= 15 is 0 Å². The van der Waals surface area contributed by atoms with Crippen LogP contribution in [-0.2, 0) is 0 Å². The highest BCUT2D eigenvalue weighted by atomic mass is 19.1. The predicted molar refractivity (Wildman–Crippen MR) is 53.0 cm³/mol. The Morgan fingerprint density at radius 2 is 1.94 bits per heavy atom. The van der Waals surface area contributed by atoms with Gasteiger partial charge in [0.1, 0.15) is 11.9 Å². The van der Waals surface area contributed by atoms with E-state index in [1.165, 1.54) is 0 Å². The number of nitrogens with two attached hydrogens (primary N) is 1. The molecule has 2 atom stereocenters. The second-order valence-electron chi connectivity index (χ2n) is 3.33. The molecular weight excluding hydrogens is 238 g/mol. The molecule has 1 aromatic rings. The van der Waals surface area contributed by atoms with Crippen molar-refractivity contribution in [3.8, 4) is 0 Å². The smallest absolute Gasteiger partial charge is 0.307 e. The van der Waals surface area contributed by atoms with Crippen LogP contribution in [0.3, 0.4) is 0 Å². The lowest BCUT2D eigenvalue weighted by atomic mass is 10.0. The highest BCUT2D eigenvalue weighted by Gasteiger charge is 2.25. The van der Waals surface area contributed by atoms with E-state index in [1.807, 2.05) is 0 Å². The standard InChI is InChI=1S/C9H10F2N2O4/c10-5-2-7(13(16)17)6(11)1-4(5)9(15)8(14)3-12/h1-2,8-9,14-15H,3,12H2. The minimum Gasteiger partial charge on any atom is -0.389 e. The van der Waals surface area contributed by atoms with Crippen molar-refractivity contribution in [2.45, 2.75) is 12.2 Å². The molecule has 0 radical (unpaired) electrons. The Bertz CT molecular complexity index is 441. The number of aliphatic hydroxyl groups excluding tert-OH is 2. The van der Waals surface area contributed by atoms with Crippen LogP contribution in [0.25, 0.3) is 0 Å². The van der Waals surface area contributed by atoms with Gasteiger partial charge in [-0.2, -0.15) is 4.39 Å². The van der Waals surface area contributed by atoms with Gasteiger partial charge in [0.05, 0.1) is 17.1 Å². The van der Waals surface area contributed by atoms with E-state index in [0.29, 0.717) is 12.1 Å². The molecule has 0 aliphatic carbocycles. The summed E-state index contributed by atoms with van der Waals surface area (Å²) in [6, 6.07) is 0.814. The van der Waals surface area contributed by atoms with Gasteiger partial charge in [-0.1, -0.05) is 0 Å². The number of nitro groups is 1. The van der Waals surface area contributed by atoms with Crippen LogP contribution in [0.4, 0.5) is 14.5 Å². The molecule has 1 rings (SSSR count). The van der Waals surface area contributed by atoms with Crippen molar-refractivity contribution in [3.63, 3.8) is 0 Å². The molecule has 0 bridgehead atoms. The maximum Gasteiger partial charge on any atom is 0.307 e. The largest absolute Gasteiger partial charge is 0.389 e. The van der Waals surface area contributed by atoms with Crippen molar-refractivity contribution in [2.75, 3.05) is 6.54 Å². The fourth-order valence-corrected chi connectivity index (χ4v) is 1.25. The molecule has 0 aliphatic heterocycles. The monoisotopic (exact) mass is 248 g/mol. The first-order chi connectivity index (χ1) is 7.88. The highest BCUT2D eigenvalue weighted by Crippen LogP contribution is 2.26. The summed E-state index contributed by atoms with van der Waals surface area (Å²) in [5, 5.41) is 28.9. The van der Waals surface area contributed by atoms with Gasteiger partial charge in [0, 0.05) is 12.1 Å². The Balaban J connectivity index is 3.20. The first-order valence-electron chi connectivity index (χ1n) is 4.58. The minimum atomic E-state index is -1.74. The topological polar surface area (TPSA) is 110 Å². The molecule has 1 aromatic carbocycles. The SMILES string of the molecule is NCC(O)C(O)c1cc(F)c([N+](=O)[O-])cc1F. The summed E-state index contributed by atoms with van der Waals surface area (Å²) in [6.07, 6.45) is -3.22. The number of nitrogens with zero attached hydrogens (tertiary/aromatic N) is 1. The quantitative estimate of drug-likeness (QED) is 0.521. The van der Waals surface area contributed by atoms with Crippen molar-refractivity contribution in [1.82, 2.24) is 0 Å². The van der Waals surface area contributed by atoms with Crippen LogP contribution < -0.4 is 5.73 Å². The average Bonchev–Trinajstić information content (AvgIpc) is 2.29.